The molecule has 2 aromatic rings. The Morgan fingerprint density at radius 3 is 2.78 bits per heavy atom. The average Bonchev–Trinajstić information content (AvgIpc) is 2.72. The lowest BCUT2D eigenvalue weighted by molar-refractivity contribution is -0.120. The Labute approximate surface area is 160 Å². The number of hydrogen-bond acceptors (Lipinski definition) is 3. The topological polar surface area (TPSA) is 78.9 Å². The summed E-state index contributed by atoms with van der Waals surface area (Å²) in [4.78, 5) is 25.4. The molecule has 0 bridgehead atoms. The number of rotatable bonds is 1. The van der Waals surface area contributed by atoms with E-state index in [0.717, 1.165) is 12.1 Å². The Hall–Kier alpha value is -2.68. The van der Waals surface area contributed by atoms with Crippen LogP contribution in [0, 0.1) is 11.6 Å². The molecule has 1 saturated heterocycles. The molecule has 2 aliphatic rings. The summed E-state index contributed by atoms with van der Waals surface area (Å²) in [7, 11) is 0. The maximum absolute atomic E-state index is 14.1. The molecule has 0 saturated carbocycles. The van der Waals surface area contributed by atoms with Gasteiger partial charge in [-0.2, -0.15) is 0 Å². The lowest BCUT2D eigenvalue weighted by Crippen LogP contribution is -2.52. The van der Waals surface area contributed by atoms with Crippen molar-refractivity contribution in [1.29, 1.82) is 0 Å². The van der Waals surface area contributed by atoms with Crippen LogP contribution in [-0.4, -0.2) is 23.1 Å². The summed E-state index contributed by atoms with van der Waals surface area (Å²) in [6, 6.07) is 4.93. The van der Waals surface area contributed by atoms with E-state index >= 15 is 0 Å². The predicted molar refractivity (Wildman–Crippen MR) is 95.0 cm³/mol. The van der Waals surface area contributed by atoms with E-state index in [1.165, 1.54) is 23.1 Å². The van der Waals surface area contributed by atoms with Gasteiger partial charge in [-0.25, -0.2) is 13.6 Å². The van der Waals surface area contributed by atoms with E-state index in [1.807, 2.05) is 0 Å². The lowest BCUT2D eigenvalue weighted by atomic mass is 9.89. The standard InChI is InChI=1S/C18H13BrF2N2O4/c19-10-6-13-15(7-11(10)21)27-14-5-8(20)1-2-9(14)17-12(22-18(25)26)3-4-16(24)23(13)17/h1-2,5-7,12,17,22H,3-4H2,(H,25,26). The van der Waals surface area contributed by atoms with Crippen LogP contribution < -0.4 is 15.0 Å². The minimum Gasteiger partial charge on any atom is -0.465 e. The molecule has 2 atom stereocenters. The Bertz CT molecular complexity index is 969. The Balaban J connectivity index is 1.97. The second-order valence-electron chi connectivity index (χ2n) is 6.32. The van der Waals surface area contributed by atoms with E-state index in [0.29, 0.717) is 5.56 Å². The largest absolute Gasteiger partial charge is 0.465 e. The van der Waals surface area contributed by atoms with Crippen LogP contribution in [0.25, 0.3) is 0 Å². The molecular formula is C18H13BrF2N2O4. The number of nitrogens with one attached hydrogen (secondary N) is 1. The number of carbonyl (C=O) groups is 2. The molecule has 6 nitrogen and oxygen atoms in total. The highest BCUT2D eigenvalue weighted by molar-refractivity contribution is 9.10. The number of benzene rings is 2. The van der Waals surface area contributed by atoms with Gasteiger partial charge in [0.1, 0.15) is 17.4 Å². The molecule has 2 aromatic carbocycles. The molecule has 2 aliphatic heterocycles. The number of anilines is 1. The van der Waals surface area contributed by atoms with E-state index in [9.17, 15) is 23.5 Å². The Morgan fingerprint density at radius 1 is 1.26 bits per heavy atom. The van der Waals surface area contributed by atoms with Gasteiger partial charge in [0, 0.05) is 24.1 Å². The zero-order chi connectivity index (χ0) is 19.3. The number of piperidine rings is 1. The zero-order valence-electron chi connectivity index (χ0n) is 13.7. The first-order chi connectivity index (χ1) is 12.8. The smallest absolute Gasteiger partial charge is 0.404 e. The van der Waals surface area contributed by atoms with Gasteiger partial charge in [0.25, 0.3) is 0 Å². The van der Waals surface area contributed by atoms with Crippen LogP contribution in [0.4, 0.5) is 19.3 Å². The highest BCUT2D eigenvalue weighted by Gasteiger charge is 2.43. The van der Waals surface area contributed by atoms with Crippen molar-refractivity contribution in [2.75, 3.05) is 4.90 Å². The SMILES string of the molecule is O=C(O)NC1CCC(=O)N2c3cc(Br)c(F)cc3Oc3cc(F)ccc3C12. The summed E-state index contributed by atoms with van der Waals surface area (Å²) >= 11 is 3.10. The van der Waals surface area contributed by atoms with Crippen LogP contribution in [0.15, 0.2) is 34.8 Å². The third-order valence-electron chi connectivity index (χ3n) is 4.68. The summed E-state index contributed by atoms with van der Waals surface area (Å²) in [5, 5.41) is 11.6. The predicted octanol–water partition coefficient (Wildman–Crippen LogP) is 4.34. The number of fused-ring (bicyclic) bond motifs is 5. The molecule has 1 fully saturated rings. The van der Waals surface area contributed by atoms with Crippen molar-refractivity contribution in [2.24, 2.45) is 0 Å². The van der Waals surface area contributed by atoms with Crippen molar-refractivity contribution in [3.05, 3.63) is 52.0 Å². The molecule has 140 valence electrons. The number of carboxylic acid groups (broad SMARTS) is 1. The highest BCUT2D eigenvalue weighted by Crippen LogP contribution is 2.49. The van der Waals surface area contributed by atoms with Gasteiger partial charge in [-0.3, -0.25) is 9.69 Å². The fourth-order valence-electron chi connectivity index (χ4n) is 3.59. The van der Waals surface area contributed by atoms with Crippen LogP contribution in [0.2, 0.25) is 0 Å². The van der Waals surface area contributed by atoms with Crippen molar-refractivity contribution in [3.63, 3.8) is 0 Å². The maximum Gasteiger partial charge on any atom is 0.404 e. The van der Waals surface area contributed by atoms with E-state index in [2.05, 4.69) is 21.2 Å². The number of ether oxygens (including phenoxy) is 1. The molecule has 9 heteroatoms. The number of carbonyl (C=O) groups excluding carboxylic acids is 1. The molecule has 0 aromatic heterocycles. The van der Waals surface area contributed by atoms with Crippen LogP contribution in [-0.2, 0) is 4.79 Å². The molecule has 0 aliphatic carbocycles. The number of amides is 2. The van der Waals surface area contributed by atoms with Gasteiger partial charge in [-0.15, -0.1) is 0 Å². The first-order valence-corrected chi connectivity index (χ1v) is 8.92. The van der Waals surface area contributed by atoms with Crippen LogP contribution in [0.1, 0.15) is 24.4 Å². The number of halogens is 3. The zero-order valence-corrected chi connectivity index (χ0v) is 15.3. The van der Waals surface area contributed by atoms with Crippen LogP contribution in [0.3, 0.4) is 0 Å². The van der Waals surface area contributed by atoms with Gasteiger partial charge in [0.15, 0.2) is 5.75 Å². The molecule has 2 unspecified atom stereocenters. The van der Waals surface area contributed by atoms with Crippen molar-refractivity contribution in [3.8, 4) is 11.5 Å². The van der Waals surface area contributed by atoms with E-state index in [4.69, 9.17) is 4.74 Å². The molecule has 0 spiro atoms. The molecule has 4 rings (SSSR count). The Morgan fingerprint density at radius 2 is 2.04 bits per heavy atom. The first-order valence-electron chi connectivity index (χ1n) is 8.13. The van der Waals surface area contributed by atoms with Crippen molar-refractivity contribution in [2.45, 2.75) is 24.9 Å². The molecule has 2 N–H and O–H groups in total. The van der Waals surface area contributed by atoms with E-state index in [-0.39, 0.29) is 40.4 Å². The van der Waals surface area contributed by atoms with Crippen molar-refractivity contribution in [1.82, 2.24) is 5.32 Å². The fraction of sp³-hybridized carbons (Fsp3) is 0.222. The van der Waals surface area contributed by atoms with Crippen LogP contribution in [0.5, 0.6) is 11.5 Å². The molecule has 27 heavy (non-hydrogen) atoms. The van der Waals surface area contributed by atoms with Gasteiger partial charge in [0.05, 0.1) is 22.2 Å². The summed E-state index contributed by atoms with van der Waals surface area (Å²) in [6.07, 6.45) is -0.851. The molecular weight excluding hydrogens is 426 g/mol. The van der Waals surface area contributed by atoms with Gasteiger partial charge in [0.2, 0.25) is 5.91 Å². The summed E-state index contributed by atoms with van der Waals surface area (Å²) in [6.45, 7) is 0. The number of hydrogen-bond donors (Lipinski definition) is 2. The highest BCUT2D eigenvalue weighted by atomic mass is 79.9. The summed E-state index contributed by atoms with van der Waals surface area (Å²) < 4.78 is 33.7. The number of nitrogens with zero attached hydrogens (tertiary/aromatic N) is 1. The minimum atomic E-state index is -1.23. The second-order valence-corrected chi connectivity index (χ2v) is 7.18. The third-order valence-corrected chi connectivity index (χ3v) is 5.29. The van der Waals surface area contributed by atoms with Crippen molar-refractivity contribution >= 4 is 33.6 Å². The lowest BCUT2D eigenvalue weighted by Gasteiger charge is -2.40. The van der Waals surface area contributed by atoms with E-state index in [1.54, 1.807) is 0 Å². The molecule has 2 amide bonds. The summed E-state index contributed by atoms with van der Waals surface area (Å²) in [5.74, 6) is -1.27. The average molecular weight is 439 g/mol. The third kappa shape index (κ3) is 3.01. The van der Waals surface area contributed by atoms with Gasteiger partial charge < -0.3 is 15.2 Å². The molecule has 2 heterocycles. The normalized spacial score (nSPS) is 20.7. The van der Waals surface area contributed by atoms with Gasteiger partial charge in [-0.1, -0.05) is 6.07 Å². The fourth-order valence-corrected chi connectivity index (χ4v) is 3.92. The van der Waals surface area contributed by atoms with Crippen LogP contribution >= 0.6 is 15.9 Å². The maximum atomic E-state index is 14.1. The first kappa shape index (κ1) is 17.7. The quantitative estimate of drug-likeness (QED) is 0.693. The molecule has 0 radical (unpaired) electrons. The Kier molecular flexibility index (Phi) is 4.26. The minimum absolute atomic E-state index is 0.0503. The monoisotopic (exact) mass is 438 g/mol. The van der Waals surface area contributed by atoms with Gasteiger partial charge >= 0.3 is 6.09 Å². The van der Waals surface area contributed by atoms with Crippen molar-refractivity contribution < 1.29 is 28.2 Å². The summed E-state index contributed by atoms with van der Waals surface area (Å²) in [5.41, 5.74) is 0.725. The van der Waals surface area contributed by atoms with E-state index < -0.39 is 29.8 Å². The second kappa shape index (κ2) is 6.49. The van der Waals surface area contributed by atoms with Gasteiger partial charge in [-0.05, 0) is 34.5 Å².